The van der Waals surface area contributed by atoms with Crippen LogP contribution in [0.3, 0.4) is 0 Å². The van der Waals surface area contributed by atoms with E-state index in [2.05, 4.69) is 10.3 Å². The van der Waals surface area contributed by atoms with Crippen LogP contribution in [0.2, 0.25) is 0 Å². The maximum absolute atomic E-state index is 14.4. The van der Waals surface area contributed by atoms with Gasteiger partial charge in [-0.15, -0.1) is 0 Å². The minimum atomic E-state index is -1.14. The third-order valence-corrected chi connectivity index (χ3v) is 5.55. The lowest BCUT2D eigenvalue weighted by molar-refractivity contribution is -0.0858. The molecule has 7 heteroatoms. The minimum Gasteiger partial charge on any atom is -0.465 e. The van der Waals surface area contributed by atoms with Gasteiger partial charge in [0, 0.05) is 30.2 Å². The maximum atomic E-state index is 14.4. The van der Waals surface area contributed by atoms with Crippen LogP contribution in [-0.4, -0.2) is 26.9 Å². The summed E-state index contributed by atoms with van der Waals surface area (Å²) in [6.07, 6.45) is 1.04. The number of carboxylic acid groups (broad SMARTS) is 1. The molecule has 154 valence electrons. The monoisotopic (exact) mass is 407 g/mol. The predicted molar refractivity (Wildman–Crippen MR) is 112 cm³/mol. The van der Waals surface area contributed by atoms with Crippen molar-refractivity contribution in [1.29, 1.82) is 0 Å². The number of nitrogen functional groups attached to an aromatic ring is 1. The fraction of sp³-hybridized carbons (Fsp3) is 0.217. The molecule has 1 fully saturated rings. The zero-order valence-corrected chi connectivity index (χ0v) is 16.4. The summed E-state index contributed by atoms with van der Waals surface area (Å²) in [5.74, 6) is -0.0720. The van der Waals surface area contributed by atoms with Gasteiger partial charge in [-0.05, 0) is 35.7 Å². The summed E-state index contributed by atoms with van der Waals surface area (Å²) in [5, 5.41) is 22.0. The van der Waals surface area contributed by atoms with Crippen LogP contribution in [0.15, 0.2) is 60.8 Å². The number of anilines is 1. The van der Waals surface area contributed by atoms with E-state index in [1.807, 2.05) is 24.3 Å². The van der Waals surface area contributed by atoms with Crippen LogP contribution >= 0.6 is 0 Å². The molecule has 1 saturated carbocycles. The highest BCUT2D eigenvalue weighted by Gasteiger charge is 2.53. The molecule has 6 nitrogen and oxygen atoms in total. The zero-order chi connectivity index (χ0) is 21.5. The van der Waals surface area contributed by atoms with Crippen molar-refractivity contribution >= 4 is 11.9 Å². The van der Waals surface area contributed by atoms with Gasteiger partial charge in [0.15, 0.2) is 0 Å². The number of nitrogens with zero attached hydrogens (tertiary/aromatic N) is 1. The molecule has 1 aliphatic rings. The number of amides is 1. The summed E-state index contributed by atoms with van der Waals surface area (Å²) in [6, 6.07) is 15.4. The second-order valence-corrected chi connectivity index (χ2v) is 8.07. The number of aromatic nitrogens is 1. The van der Waals surface area contributed by atoms with Crippen molar-refractivity contribution in [3.63, 3.8) is 0 Å². The summed E-state index contributed by atoms with van der Waals surface area (Å²) >= 11 is 0. The second-order valence-electron chi connectivity index (χ2n) is 8.07. The Morgan fingerprint density at radius 3 is 2.37 bits per heavy atom. The van der Waals surface area contributed by atoms with Gasteiger partial charge in [0.25, 0.3) is 0 Å². The van der Waals surface area contributed by atoms with Crippen molar-refractivity contribution in [1.82, 2.24) is 10.3 Å². The van der Waals surface area contributed by atoms with Crippen molar-refractivity contribution in [2.45, 2.75) is 30.9 Å². The van der Waals surface area contributed by atoms with Gasteiger partial charge in [-0.25, -0.2) is 14.2 Å². The molecule has 4 rings (SSSR count). The molecular weight excluding hydrogens is 385 g/mol. The van der Waals surface area contributed by atoms with E-state index in [4.69, 9.17) is 5.73 Å². The van der Waals surface area contributed by atoms with Crippen LogP contribution in [0.4, 0.5) is 15.0 Å². The van der Waals surface area contributed by atoms with Crippen molar-refractivity contribution < 1.29 is 19.4 Å². The van der Waals surface area contributed by atoms with E-state index in [9.17, 15) is 19.4 Å². The first-order valence-electron chi connectivity index (χ1n) is 9.54. The van der Waals surface area contributed by atoms with Gasteiger partial charge in [0.1, 0.15) is 11.6 Å². The van der Waals surface area contributed by atoms with E-state index in [1.165, 1.54) is 6.07 Å². The molecule has 1 heterocycles. The number of halogens is 1. The molecule has 0 spiro atoms. The number of benzene rings is 2. The Kier molecular flexibility index (Phi) is 4.70. The van der Waals surface area contributed by atoms with Crippen molar-refractivity contribution in [2.75, 3.05) is 5.73 Å². The average molecular weight is 407 g/mol. The lowest BCUT2D eigenvalue weighted by atomic mass is 9.62. The Morgan fingerprint density at radius 1 is 1.10 bits per heavy atom. The highest BCUT2D eigenvalue weighted by atomic mass is 19.1. The van der Waals surface area contributed by atoms with Gasteiger partial charge >= 0.3 is 6.09 Å². The number of nitrogens with two attached hydrogens (primary N) is 1. The average Bonchev–Trinajstić information content (AvgIpc) is 2.66. The Hall–Kier alpha value is -3.45. The SMILES string of the molecule is CC1(O)CC(NC(=O)O)(c2ccc(-c3cnc(N)cc3-c3ccccc3F)cc2)C1. The van der Waals surface area contributed by atoms with Gasteiger partial charge in [0.05, 0.1) is 11.1 Å². The molecule has 0 radical (unpaired) electrons. The maximum Gasteiger partial charge on any atom is 0.405 e. The number of carbonyl (C=O) groups is 1. The van der Waals surface area contributed by atoms with Gasteiger partial charge in [0.2, 0.25) is 0 Å². The summed E-state index contributed by atoms with van der Waals surface area (Å²) in [5.41, 5.74) is 7.41. The zero-order valence-electron chi connectivity index (χ0n) is 16.4. The van der Waals surface area contributed by atoms with E-state index in [1.54, 1.807) is 37.4 Å². The summed E-state index contributed by atoms with van der Waals surface area (Å²) in [7, 11) is 0. The van der Waals surface area contributed by atoms with Crippen LogP contribution < -0.4 is 11.1 Å². The minimum absolute atomic E-state index is 0.287. The Balaban J connectivity index is 1.74. The van der Waals surface area contributed by atoms with Gasteiger partial charge in [-0.2, -0.15) is 0 Å². The highest BCUT2D eigenvalue weighted by molar-refractivity contribution is 5.84. The number of pyridine rings is 1. The second kappa shape index (κ2) is 7.11. The Morgan fingerprint density at radius 2 is 1.77 bits per heavy atom. The van der Waals surface area contributed by atoms with Crippen LogP contribution in [0.1, 0.15) is 25.3 Å². The molecule has 0 saturated heterocycles. The fourth-order valence-corrected chi connectivity index (χ4v) is 4.39. The van der Waals surface area contributed by atoms with Crippen molar-refractivity contribution in [3.05, 3.63) is 72.2 Å². The molecule has 1 aromatic heterocycles. The first kappa shape index (κ1) is 19.8. The van der Waals surface area contributed by atoms with E-state index >= 15 is 0 Å². The third-order valence-electron chi connectivity index (χ3n) is 5.55. The largest absolute Gasteiger partial charge is 0.465 e. The molecule has 1 amide bonds. The number of rotatable bonds is 4. The Labute approximate surface area is 173 Å². The first-order valence-corrected chi connectivity index (χ1v) is 9.54. The molecule has 2 aromatic carbocycles. The Bertz CT molecular complexity index is 1100. The van der Waals surface area contributed by atoms with Crippen molar-refractivity contribution in [2.24, 2.45) is 0 Å². The fourth-order valence-electron chi connectivity index (χ4n) is 4.39. The summed E-state index contributed by atoms with van der Waals surface area (Å²) < 4.78 is 14.4. The molecule has 30 heavy (non-hydrogen) atoms. The molecule has 1 aliphatic carbocycles. The van der Waals surface area contributed by atoms with E-state index < -0.39 is 17.2 Å². The number of nitrogens with one attached hydrogen (secondary N) is 1. The van der Waals surface area contributed by atoms with Gasteiger partial charge < -0.3 is 21.3 Å². The lowest BCUT2D eigenvalue weighted by Gasteiger charge is -2.51. The molecule has 0 atom stereocenters. The molecule has 3 aromatic rings. The first-order chi connectivity index (χ1) is 14.2. The van der Waals surface area contributed by atoms with Crippen LogP contribution in [0.25, 0.3) is 22.3 Å². The normalized spacial score (nSPS) is 22.9. The number of hydrogen-bond donors (Lipinski definition) is 4. The molecule has 5 N–H and O–H groups in total. The smallest absolute Gasteiger partial charge is 0.405 e. The summed E-state index contributed by atoms with van der Waals surface area (Å²) in [4.78, 5) is 15.5. The topological polar surface area (TPSA) is 108 Å². The standard InChI is InChI=1S/C23H22FN3O3/c1-22(30)12-23(13-22,27-21(28)29)15-8-6-14(7-9-15)18-11-26-20(25)10-17(18)16-4-2-3-5-19(16)24/h2-11,27,30H,12-13H2,1H3,(H2,25,26)(H,28,29). The van der Waals surface area contributed by atoms with E-state index in [0.717, 1.165) is 11.1 Å². The number of hydrogen-bond acceptors (Lipinski definition) is 4. The third kappa shape index (κ3) is 3.59. The molecule has 0 unspecified atom stereocenters. The van der Waals surface area contributed by atoms with Gasteiger partial charge in [-0.1, -0.05) is 42.5 Å². The van der Waals surface area contributed by atoms with Gasteiger partial charge in [-0.3, -0.25) is 0 Å². The quantitative estimate of drug-likeness (QED) is 0.520. The molecule has 0 bridgehead atoms. The number of aliphatic hydroxyl groups is 1. The summed E-state index contributed by atoms with van der Waals surface area (Å²) in [6.45, 7) is 1.68. The van der Waals surface area contributed by atoms with Crippen LogP contribution in [-0.2, 0) is 5.54 Å². The lowest BCUT2D eigenvalue weighted by Crippen LogP contribution is -2.61. The molecular formula is C23H22FN3O3. The van der Waals surface area contributed by atoms with Crippen molar-refractivity contribution in [3.8, 4) is 22.3 Å². The van der Waals surface area contributed by atoms with E-state index in [0.29, 0.717) is 16.7 Å². The predicted octanol–water partition coefficient (Wildman–Crippen LogP) is 4.14. The van der Waals surface area contributed by atoms with Crippen LogP contribution in [0, 0.1) is 5.82 Å². The van der Waals surface area contributed by atoms with E-state index in [-0.39, 0.29) is 24.5 Å². The van der Waals surface area contributed by atoms with Crippen LogP contribution in [0.5, 0.6) is 0 Å². The highest BCUT2D eigenvalue weighted by Crippen LogP contribution is 2.48. The molecule has 0 aliphatic heterocycles.